The van der Waals surface area contributed by atoms with E-state index in [0.717, 1.165) is 19.3 Å². The predicted octanol–water partition coefficient (Wildman–Crippen LogP) is 2.08. The van der Waals surface area contributed by atoms with E-state index >= 15 is 0 Å². The van der Waals surface area contributed by atoms with Gasteiger partial charge in [-0.2, -0.15) is 0 Å². The Morgan fingerprint density at radius 2 is 2.00 bits per heavy atom. The number of esters is 1. The molecule has 148 valence electrons. The second kappa shape index (κ2) is 9.50. The van der Waals surface area contributed by atoms with Crippen molar-refractivity contribution in [1.29, 1.82) is 0 Å². The zero-order valence-corrected chi connectivity index (χ0v) is 16.3. The third kappa shape index (κ3) is 6.67. The van der Waals surface area contributed by atoms with Crippen LogP contribution in [0.1, 0.15) is 39.5 Å². The Bertz CT molecular complexity index is 818. The Morgan fingerprint density at radius 1 is 1.22 bits per heavy atom. The van der Waals surface area contributed by atoms with E-state index in [0.29, 0.717) is 24.5 Å². The van der Waals surface area contributed by atoms with Gasteiger partial charge in [-0.1, -0.05) is 26.3 Å². The summed E-state index contributed by atoms with van der Waals surface area (Å²) in [5, 5.41) is 2.52. The Labute approximate surface area is 159 Å². The lowest BCUT2D eigenvalue weighted by atomic mass is 10.2. The summed E-state index contributed by atoms with van der Waals surface area (Å²) in [5.74, 6) is -0.888. The molecular formula is C18H25N3O5S. The van der Waals surface area contributed by atoms with E-state index in [1.54, 1.807) is 19.9 Å². The van der Waals surface area contributed by atoms with E-state index in [1.807, 2.05) is 0 Å². The predicted molar refractivity (Wildman–Crippen MR) is 102 cm³/mol. The largest absolute Gasteiger partial charge is 0.455 e. The average Bonchev–Trinajstić information content (AvgIpc) is 2.88. The van der Waals surface area contributed by atoms with E-state index in [-0.39, 0.29) is 10.8 Å². The van der Waals surface area contributed by atoms with E-state index in [4.69, 9.17) is 4.74 Å². The topological polar surface area (TPSA) is 114 Å². The normalized spacial score (nSPS) is 14.9. The molecule has 0 aliphatic carbocycles. The molecule has 0 atom stereocenters. The number of hydrogen-bond acceptors (Lipinski definition) is 6. The van der Waals surface area contributed by atoms with Crippen molar-refractivity contribution < 1.29 is 22.7 Å². The molecule has 0 aromatic heterocycles. The van der Waals surface area contributed by atoms with Gasteiger partial charge in [0.15, 0.2) is 6.61 Å². The monoisotopic (exact) mass is 395 g/mol. The first-order valence-corrected chi connectivity index (χ1v) is 10.4. The second-order valence-electron chi connectivity index (χ2n) is 6.58. The van der Waals surface area contributed by atoms with Gasteiger partial charge in [0.05, 0.1) is 10.8 Å². The summed E-state index contributed by atoms with van der Waals surface area (Å²) in [6.45, 7) is 3.52. The van der Waals surface area contributed by atoms with Crippen LogP contribution in [0.15, 0.2) is 34.2 Å². The van der Waals surface area contributed by atoms with Crippen molar-refractivity contribution in [2.75, 3.05) is 18.5 Å². The molecule has 0 radical (unpaired) electrons. The Morgan fingerprint density at radius 3 is 2.74 bits per heavy atom. The number of rotatable bonds is 6. The zero-order chi connectivity index (χ0) is 19.9. The van der Waals surface area contributed by atoms with Crippen LogP contribution in [0.25, 0.3) is 0 Å². The summed E-state index contributed by atoms with van der Waals surface area (Å²) in [5.41, 5.74) is 0.297. The number of hydrogen-bond donors (Lipinski definition) is 2. The van der Waals surface area contributed by atoms with Crippen LogP contribution in [-0.2, 0) is 24.3 Å². The molecule has 0 spiro atoms. The fraction of sp³-hybridized carbons (Fsp3) is 0.500. The van der Waals surface area contributed by atoms with Crippen LogP contribution in [0.4, 0.5) is 5.69 Å². The molecule has 0 fully saturated rings. The first-order valence-electron chi connectivity index (χ1n) is 8.90. The SMILES string of the molecule is CC(C)C(=O)OCC(=O)Nc1cccc(S(=O)(=O)NC2=NCCCCC2)c1. The number of aliphatic imine (C=N–C) groups is 1. The molecule has 2 rings (SSSR count). The van der Waals surface area contributed by atoms with Gasteiger partial charge in [0.2, 0.25) is 0 Å². The molecule has 27 heavy (non-hydrogen) atoms. The number of carbonyl (C=O) groups is 2. The first kappa shape index (κ1) is 20.9. The van der Waals surface area contributed by atoms with Crippen LogP contribution in [0.3, 0.4) is 0 Å². The van der Waals surface area contributed by atoms with Gasteiger partial charge in [0.1, 0.15) is 5.84 Å². The van der Waals surface area contributed by atoms with Gasteiger partial charge in [0, 0.05) is 18.7 Å². The molecule has 9 heteroatoms. The number of sulfonamides is 1. The number of anilines is 1. The smallest absolute Gasteiger partial charge is 0.308 e. The number of ether oxygens (including phenoxy) is 1. The Kier molecular flexibility index (Phi) is 7.35. The maximum Gasteiger partial charge on any atom is 0.308 e. The third-order valence-corrected chi connectivity index (χ3v) is 5.25. The molecule has 0 bridgehead atoms. The average molecular weight is 395 g/mol. The third-order valence-electron chi connectivity index (χ3n) is 3.87. The van der Waals surface area contributed by atoms with Crippen LogP contribution in [-0.4, -0.2) is 39.3 Å². The van der Waals surface area contributed by atoms with Gasteiger partial charge in [-0.25, -0.2) is 8.42 Å². The molecule has 8 nitrogen and oxygen atoms in total. The standard InChI is InChI=1S/C18H25N3O5S/c1-13(2)18(23)26-12-17(22)20-14-7-6-8-15(11-14)27(24,25)21-16-9-4-3-5-10-19-16/h6-8,11,13H,3-5,9-10,12H2,1-2H3,(H,19,21)(H,20,22). The van der Waals surface area contributed by atoms with Crippen molar-refractivity contribution in [3.8, 4) is 0 Å². The van der Waals surface area contributed by atoms with Crippen LogP contribution < -0.4 is 10.0 Å². The van der Waals surface area contributed by atoms with Crippen LogP contribution in [0.2, 0.25) is 0 Å². The van der Waals surface area contributed by atoms with Crippen LogP contribution >= 0.6 is 0 Å². The molecule has 1 heterocycles. The maximum absolute atomic E-state index is 12.6. The van der Waals surface area contributed by atoms with Crippen molar-refractivity contribution in [3.05, 3.63) is 24.3 Å². The van der Waals surface area contributed by atoms with Gasteiger partial charge < -0.3 is 10.1 Å². The summed E-state index contributed by atoms with van der Waals surface area (Å²) in [4.78, 5) is 27.6. The highest BCUT2D eigenvalue weighted by molar-refractivity contribution is 7.90. The molecule has 1 aromatic rings. The molecule has 0 saturated heterocycles. The molecular weight excluding hydrogens is 370 g/mol. The lowest BCUT2D eigenvalue weighted by molar-refractivity contribution is -0.150. The number of nitrogens with one attached hydrogen (secondary N) is 2. The van der Waals surface area contributed by atoms with Gasteiger partial charge >= 0.3 is 5.97 Å². The summed E-state index contributed by atoms with van der Waals surface area (Å²) >= 11 is 0. The lowest BCUT2D eigenvalue weighted by Gasteiger charge is -2.12. The number of amides is 1. The molecule has 1 aliphatic heterocycles. The second-order valence-corrected chi connectivity index (χ2v) is 8.27. The van der Waals surface area contributed by atoms with E-state index in [1.165, 1.54) is 18.2 Å². The molecule has 0 unspecified atom stereocenters. The highest BCUT2D eigenvalue weighted by atomic mass is 32.2. The lowest BCUT2D eigenvalue weighted by Crippen LogP contribution is -2.30. The molecule has 1 aromatic carbocycles. The minimum Gasteiger partial charge on any atom is -0.455 e. The van der Waals surface area contributed by atoms with Gasteiger partial charge in [0.25, 0.3) is 15.9 Å². The van der Waals surface area contributed by atoms with Gasteiger partial charge in [-0.15, -0.1) is 0 Å². The van der Waals surface area contributed by atoms with Crippen molar-refractivity contribution in [2.45, 2.75) is 44.4 Å². The van der Waals surface area contributed by atoms with E-state index in [2.05, 4.69) is 15.0 Å². The summed E-state index contributed by atoms with van der Waals surface area (Å²) in [7, 11) is -3.79. The van der Waals surface area contributed by atoms with Crippen molar-refractivity contribution in [1.82, 2.24) is 4.72 Å². The van der Waals surface area contributed by atoms with Crippen molar-refractivity contribution in [3.63, 3.8) is 0 Å². The number of amidine groups is 1. The highest BCUT2D eigenvalue weighted by Crippen LogP contribution is 2.16. The summed E-state index contributed by atoms with van der Waals surface area (Å²) in [6.07, 6.45) is 3.47. The first-order chi connectivity index (χ1) is 12.8. The van der Waals surface area contributed by atoms with E-state index in [9.17, 15) is 18.0 Å². The minimum absolute atomic E-state index is 0.0198. The van der Waals surface area contributed by atoms with Gasteiger partial charge in [-0.3, -0.25) is 19.3 Å². The fourth-order valence-electron chi connectivity index (χ4n) is 2.41. The zero-order valence-electron chi connectivity index (χ0n) is 15.5. The Balaban J connectivity index is 2.02. The summed E-state index contributed by atoms with van der Waals surface area (Å²) in [6, 6.07) is 5.87. The summed E-state index contributed by atoms with van der Waals surface area (Å²) < 4.78 is 32.5. The maximum atomic E-state index is 12.6. The Hall–Kier alpha value is -2.42. The molecule has 1 amide bonds. The fourth-order valence-corrected chi connectivity index (χ4v) is 3.55. The molecule has 1 aliphatic rings. The van der Waals surface area contributed by atoms with Crippen LogP contribution in [0, 0.1) is 5.92 Å². The molecule has 2 N–H and O–H groups in total. The van der Waals surface area contributed by atoms with Crippen molar-refractivity contribution >= 4 is 33.4 Å². The minimum atomic E-state index is -3.79. The van der Waals surface area contributed by atoms with Crippen molar-refractivity contribution in [2.24, 2.45) is 10.9 Å². The number of carbonyl (C=O) groups excluding carboxylic acids is 2. The quantitative estimate of drug-likeness (QED) is 0.716. The number of nitrogens with zero attached hydrogens (tertiary/aromatic N) is 1. The molecule has 0 saturated carbocycles. The van der Waals surface area contributed by atoms with Gasteiger partial charge in [-0.05, 0) is 31.0 Å². The highest BCUT2D eigenvalue weighted by Gasteiger charge is 2.18. The number of benzene rings is 1. The van der Waals surface area contributed by atoms with E-state index < -0.39 is 28.5 Å². The van der Waals surface area contributed by atoms with Crippen LogP contribution in [0.5, 0.6) is 0 Å².